The second kappa shape index (κ2) is 14.4. The van der Waals surface area contributed by atoms with E-state index in [4.69, 9.17) is 4.43 Å². The summed E-state index contributed by atoms with van der Waals surface area (Å²) in [7, 11) is -1.81. The summed E-state index contributed by atoms with van der Waals surface area (Å²) in [5.41, 5.74) is -0.440. The molecule has 2 rings (SSSR count). The summed E-state index contributed by atoms with van der Waals surface area (Å²) in [6.07, 6.45) is 17.0. The minimum Gasteiger partial charge on any atom is -0.414 e. The fourth-order valence-corrected chi connectivity index (χ4v) is 9.19. The van der Waals surface area contributed by atoms with Gasteiger partial charge in [-0.2, -0.15) is 0 Å². The average Bonchev–Trinajstić information content (AvgIpc) is 3.18. The van der Waals surface area contributed by atoms with Gasteiger partial charge in [0.15, 0.2) is 8.32 Å². The molecule has 7 atom stereocenters. The lowest BCUT2D eigenvalue weighted by atomic mass is 9.53. The molecule has 0 aromatic rings. The molecule has 1 N–H and O–H groups in total. The van der Waals surface area contributed by atoms with Crippen molar-refractivity contribution in [3.63, 3.8) is 0 Å². The van der Waals surface area contributed by atoms with Crippen molar-refractivity contribution in [2.45, 2.75) is 155 Å². The van der Waals surface area contributed by atoms with Gasteiger partial charge in [0.05, 0.1) is 5.60 Å². The summed E-state index contributed by atoms with van der Waals surface area (Å²) in [5.74, 6) is 9.82. The predicted molar refractivity (Wildman–Crippen MR) is 173 cm³/mol. The summed E-state index contributed by atoms with van der Waals surface area (Å²) in [6, 6.07) is 0. The first-order chi connectivity index (χ1) is 18.1. The van der Waals surface area contributed by atoms with E-state index in [1.807, 2.05) is 12.2 Å². The van der Waals surface area contributed by atoms with Gasteiger partial charge in [-0.15, -0.1) is 25.0 Å². The van der Waals surface area contributed by atoms with Crippen molar-refractivity contribution in [1.29, 1.82) is 0 Å². The maximum absolute atomic E-state index is 12.3. The van der Waals surface area contributed by atoms with E-state index in [1.54, 1.807) is 0 Å². The highest BCUT2D eigenvalue weighted by molar-refractivity contribution is 6.74. The molecule has 2 fully saturated rings. The van der Waals surface area contributed by atoms with E-state index >= 15 is 0 Å². The maximum Gasteiger partial charge on any atom is 0.192 e. The van der Waals surface area contributed by atoms with Crippen LogP contribution < -0.4 is 0 Å². The first-order valence-corrected chi connectivity index (χ1v) is 19.1. The van der Waals surface area contributed by atoms with Crippen LogP contribution in [0.2, 0.25) is 18.1 Å². The summed E-state index contributed by atoms with van der Waals surface area (Å²) < 4.78 is 6.68. The Balaban J connectivity index is 2.04. The van der Waals surface area contributed by atoms with Crippen LogP contribution in [0.1, 0.15) is 126 Å². The Morgan fingerprint density at radius 3 is 2.31 bits per heavy atom. The van der Waals surface area contributed by atoms with Gasteiger partial charge in [-0.3, -0.25) is 0 Å². The van der Waals surface area contributed by atoms with Crippen molar-refractivity contribution in [1.82, 2.24) is 0 Å². The first-order valence-electron chi connectivity index (χ1n) is 16.2. The zero-order valence-corrected chi connectivity index (χ0v) is 28.4. The minimum atomic E-state index is -1.81. The average molecular weight is 557 g/mol. The minimum absolute atomic E-state index is 0.198. The van der Waals surface area contributed by atoms with Gasteiger partial charge in [-0.25, -0.2) is 0 Å². The number of hydrogen-bond donors (Lipinski definition) is 1. The monoisotopic (exact) mass is 556 g/mol. The van der Waals surface area contributed by atoms with Gasteiger partial charge in [0.2, 0.25) is 0 Å². The van der Waals surface area contributed by atoms with Crippen LogP contribution in [-0.4, -0.2) is 25.1 Å². The van der Waals surface area contributed by atoms with Gasteiger partial charge in [0.1, 0.15) is 0 Å². The van der Waals surface area contributed by atoms with E-state index in [2.05, 4.69) is 86.6 Å². The molecule has 39 heavy (non-hydrogen) atoms. The van der Waals surface area contributed by atoms with Crippen molar-refractivity contribution >= 4 is 8.32 Å². The van der Waals surface area contributed by atoms with Gasteiger partial charge in [0, 0.05) is 18.9 Å². The quantitative estimate of drug-likeness (QED) is 0.131. The molecule has 0 saturated heterocycles. The number of aliphatic hydroxyl groups is 1. The fraction of sp³-hybridized carbons (Fsp3) is 0.833. The van der Waals surface area contributed by atoms with Crippen LogP contribution in [0.4, 0.5) is 0 Å². The number of rotatable bonds is 14. The molecular weight excluding hydrogens is 492 g/mol. The Kier molecular flexibility index (Phi) is 12.7. The summed E-state index contributed by atoms with van der Waals surface area (Å²) >= 11 is 0. The molecule has 0 radical (unpaired) electrons. The van der Waals surface area contributed by atoms with E-state index in [1.165, 1.54) is 32.1 Å². The van der Waals surface area contributed by atoms with Crippen LogP contribution in [0.25, 0.3) is 0 Å². The van der Waals surface area contributed by atoms with E-state index in [-0.39, 0.29) is 22.5 Å². The van der Waals surface area contributed by atoms with Gasteiger partial charge >= 0.3 is 0 Å². The standard InChI is InChI=1S/C36H64O2Si/c1-12-18-31(38-39(10,11)34(6,7)8)22-16-14-15-21-30-25-27-35(9)32(29(5)20-17-19-28(3)4)23-24-33(35)36(30,37)26-13-2/h12-13,28-33,37H,1-2,16-27H2,3-11H3/t29-,30-,31?,32-,33-,35-,36+/m1/s1. The van der Waals surface area contributed by atoms with Crippen LogP contribution >= 0.6 is 0 Å². The Hall–Kier alpha value is -0.823. The molecule has 2 saturated carbocycles. The number of fused-ring (bicyclic) bond motifs is 1. The van der Waals surface area contributed by atoms with Crippen LogP contribution in [-0.2, 0) is 4.43 Å². The van der Waals surface area contributed by atoms with E-state index < -0.39 is 13.9 Å². The van der Waals surface area contributed by atoms with Crippen LogP contribution in [0, 0.1) is 46.8 Å². The van der Waals surface area contributed by atoms with Crippen molar-refractivity contribution in [3.05, 3.63) is 25.3 Å². The van der Waals surface area contributed by atoms with Gasteiger partial charge in [0.25, 0.3) is 0 Å². The molecule has 0 bridgehead atoms. The lowest BCUT2D eigenvalue weighted by molar-refractivity contribution is -0.144. The third-order valence-corrected chi connectivity index (χ3v) is 15.6. The molecule has 2 aliphatic carbocycles. The zero-order chi connectivity index (χ0) is 29.5. The molecule has 0 amide bonds. The third-order valence-electron chi connectivity index (χ3n) is 11.1. The van der Waals surface area contributed by atoms with E-state index in [0.717, 1.165) is 56.3 Å². The normalized spacial score (nSPS) is 30.8. The van der Waals surface area contributed by atoms with E-state index in [9.17, 15) is 5.11 Å². The Bertz CT molecular complexity index is 842. The smallest absolute Gasteiger partial charge is 0.192 e. The largest absolute Gasteiger partial charge is 0.414 e. The Morgan fingerprint density at radius 1 is 1.03 bits per heavy atom. The molecule has 3 heteroatoms. The highest BCUT2D eigenvalue weighted by atomic mass is 28.4. The Morgan fingerprint density at radius 2 is 1.72 bits per heavy atom. The second-order valence-electron chi connectivity index (χ2n) is 15.4. The molecule has 2 nitrogen and oxygen atoms in total. The van der Waals surface area contributed by atoms with E-state index in [0.29, 0.717) is 12.3 Å². The van der Waals surface area contributed by atoms with Crippen molar-refractivity contribution < 1.29 is 9.53 Å². The molecule has 0 aromatic carbocycles. The van der Waals surface area contributed by atoms with Crippen molar-refractivity contribution in [3.8, 4) is 11.8 Å². The van der Waals surface area contributed by atoms with Crippen molar-refractivity contribution in [2.75, 3.05) is 0 Å². The molecule has 0 aromatic heterocycles. The van der Waals surface area contributed by atoms with Crippen LogP contribution in [0.15, 0.2) is 25.3 Å². The molecule has 0 aliphatic heterocycles. The van der Waals surface area contributed by atoms with Gasteiger partial charge in [-0.05, 0) is 98.1 Å². The number of hydrogen-bond acceptors (Lipinski definition) is 2. The van der Waals surface area contributed by atoms with Gasteiger partial charge in [-0.1, -0.05) is 79.9 Å². The molecule has 1 unspecified atom stereocenters. The fourth-order valence-electron chi connectivity index (χ4n) is 7.79. The predicted octanol–water partition coefficient (Wildman–Crippen LogP) is 10.3. The summed E-state index contributed by atoms with van der Waals surface area (Å²) in [6.45, 7) is 29.2. The van der Waals surface area contributed by atoms with Crippen molar-refractivity contribution in [2.24, 2.45) is 35.0 Å². The second-order valence-corrected chi connectivity index (χ2v) is 20.1. The molecule has 224 valence electrons. The SMILES string of the molecule is C=CCC(CCC#CC[C@@H]1CC[C@]2(C)[C@@H]([C@H](C)CCCC(C)C)CC[C@H]2[C@]1(O)CC=C)O[Si](C)(C)C(C)(C)C. The lowest BCUT2D eigenvalue weighted by Gasteiger charge is -2.54. The molecular formula is C36H64O2Si. The molecule has 2 aliphatic rings. The molecule has 0 spiro atoms. The first kappa shape index (κ1) is 34.4. The van der Waals surface area contributed by atoms with Crippen LogP contribution in [0.5, 0.6) is 0 Å². The van der Waals surface area contributed by atoms with Gasteiger partial charge < -0.3 is 9.53 Å². The Labute approximate surface area is 245 Å². The lowest BCUT2D eigenvalue weighted by Crippen LogP contribution is -2.55. The highest BCUT2D eigenvalue weighted by Gasteiger charge is 2.60. The topological polar surface area (TPSA) is 29.5 Å². The highest BCUT2D eigenvalue weighted by Crippen LogP contribution is 2.63. The maximum atomic E-state index is 12.3. The summed E-state index contributed by atoms with van der Waals surface area (Å²) in [5, 5.41) is 12.5. The molecule has 0 heterocycles. The van der Waals surface area contributed by atoms with Crippen LogP contribution in [0.3, 0.4) is 0 Å². The zero-order valence-electron chi connectivity index (χ0n) is 27.4. The summed E-state index contributed by atoms with van der Waals surface area (Å²) in [4.78, 5) is 0. The third kappa shape index (κ3) is 8.59.